The van der Waals surface area contributed by atoms with Crippen molar-refractivity contribution in [2.75, 3.05) is 27.2 Å². The molecule has 0 spiro atoms. The molecule has 0 aliphatic rings. The predicted octanol–water partition coefficient (Wildman–Crippen LogP) is 3.05. The molecular weight excluding hydrogens is 278 g/mol. The fourth-order valence-corrected chi connectivity index (χ4v) is 2.27. The van der Waals surface area contributed by atoms with Crippen LogP contribution in [0.15, 0.2) is 54.6 Å². The number of aromatic carboxylic acids is 1. The highest BCUT2D eigenvalue weighted by Crippen LogP contribution is 2.28. The van der Waals surface area contributed by atoms with Crippen LogP contribution < -0.4 is 0 Å². The van der Waals surface area contributed by atoms with Gasteiger partial charge in [-0.3, -0.25) is 0 Å². The summed E-state index contributed by atoms with van der Waals surface area (Å²) in [6, 6.07) is 16.7. The SMILES string of the molecule is CN(C)CCOC(c1ccccc1)c1ccccc1C(=O)O. The van der Waals surface area contributed by atoms with Crippen LogP contribution in [-0.2, 0) is 4.74 Å². The topological polar surface area (TPSA) is 49.8 Å². The molecule has 0 aliphatic heterocycles. The van der Waals surface area contributed by atoms with Gasteiger partial charge in [-0.05, 0) is 31.3 Å². The molecule has 0 aliphatic carbocycles. The first-order valence-corrected chi connectivity index (χ1v) is 7.23. The van der Waals surface area contributed by atoms with Crippen molar-refractivity contribution in [3.8, 4) is 0 Å². The molecular formula is C18H21NO3. The van der Waals surface area contributed by atoms with Gasteiger partial charge in [0.05, 0.1) is 12.2 Å². The van der Waals surface area contributed by atoms with Crippen molar-refractivity contribution in [3.05, 3.63) is 71.3 Å². The first-order valence-electron chi connectivity index (χ1n) is 7.23. The number of nitrogens with zero attached hydrogens (tertiary/aromatic N) is 1. The zero-order valence-electron chi connectivity index (χ0n) is 12.9. The maximum Gasteiger partial charge on any atom is 0.336 e. The summed E-state index contributed by atoms with van der Waals surface area (Å²) in [4.78, 5) is 13.5. The van der Waals surface area contributed by atoms with Gasteiger partial charge in [0.1, 0.15) is 6.10 Å². The number of hydrogen-bond acceptors (Lipinski definition) is 3. The van der Waals surface area contributed by atoms with Crippen molar-refractivity contribution in [2.24, 2.45) is 0 Å². The van der Waals surface area contributed by atoms with Gasteiger partial charge in [-0.1, -0.05) is 48.5 Å². The van der Waals surface area contributed by atoms with Gasteiger partial charge in [0.15, 0.2) is 0 Å². The molecule has 0 aromatic heterocycles. The molecule has 2 rings (SSSR count). The molecule has 4 heteroatoms. The fourth-order valence-electron chi connectivity index (χ4n) is 2.27. The summed E-state index contributed by atoms with van der Waals surface area (Å²) in [5.41, 5.74) is 1.91. The van der Waals surface area contributed by atoms with Gasteiger partial charge in [0.2, 0.25) is 0 Å². The van der Waals surface area contributed by atoms with Gasteiger partial charge >= 0.3 is 5.97 Å². The quantitative estimate of drug-likeness (QED) is 0.853. The third-order valence-corrected chi connectivity index (χ3v) is 3.40. The van der Waals surface area contributed by atoms with Crippen LogP contribution in [0.5, 0.6) is 0 Å². The third kappa shape index (κ3) is 4.16. The standard InChI is InChI=1S/C18H21NO3/c1-19(2)12-13-22-17(14-8-4-3-5-9-14)15-10-6-7-11-16(15)18(20)21/h3-11,17H,12-13H2,1-2H3,(H,20,21). The van der Waals surface area contributed by atoms with E-state index in [9.17, 15) is 9.90 Å². The molecule has 0 radical (unpaired) electrons. The molecule has 2 aromatic rings. The van der Waals surface area contributed by atoms with Gasteiger partial charge in [-0.2, -0.15) is 0 Å². The minimum atomic E-state index is -0.937. The Hall–Kier alpha value is -2.17. The van der Waals surface area contributed by atoms with Gasteiger partial charge in [-0.15, -0.1) is 0 Å². The molecule has 116 valence electrons. The number of carbonyl (C=O) groups is 1. The summed E-state index contributed by atoms with van der Waals surface area (Å²) in [5, 5.41) is 9.41. The lowest BCUT2D eigenvalue weighted by molar-refractivity contribution is 0.0619. The fraction of sp³-hybridized carbons (Fsp3) is 0.278. The molecule has 1 N–H and O–H groups in total. The van der Waals surface area contributed by atoms with E-state index in [4.69, 9.17) is 4.74 Å². The molecule has 0 saturated carbocycles. The van der Waals surface area contributed by atoms with Crippen LogP contribution in [0, 0.1) is 0 Å². The highest BCUT2D eigenvalue weighted by Gasteiger charge is 2.20. The summed E-state index contributed by atoms with van der Waals surface area (Å²) >= 11 is 0. The van der Waals surface area contributed by atoms with Crippen LogP contribution in [0.4, 0.5) is 0 Å². The Morgan fingerprint density at radius 3 is 2.36 bits per heavy atom. The number of rotatable bonds is 7. The predicted molar refractivity (Wildman–Crippen MR) is 86.2 cm³/mol. The van der Waals surface area contributed by atoms with Crippen LogP contribution in [0.3, 0.4) is 0 Å². The van der Waals surface area contributed by atoms with E-state index < -0.39 is 5.97 Å². The molecule has 4 nitrogen and oxygen atoms in total. The number of likely N-dealkylation sites (N-methyl/N-ethyl adjacent to an activating group) is 1. The number of hydrogen-bond donors (Lipinski definition) is 1. The minimum Gasteiger partial charge on any atom is -0.478 e. The highest BCUT2D eigenvalue weighted by molar-refractivity contribution is 5.89. The second kappa shape index (κ2) is 7.73. The average molecular weight is 299 g/mol. The van der Waals surface area contributed by atoms with Crippen LogP contribution in [0.1, 0.15) is 27.6 Å². The van der Waals surface area contributed by atoms with E-state index in [1.807, 2.05) is 61.5 Å². The van der Waals surface area contributed by atoms with Crippen molar-refractivity contribution < 1.29 is 14.6 Å². The van der Waals surface area contributed by atoms with Crippen LogP contribution in [-0.4, -0.2) is 43.2 Å². The van der Waals surface area contributed by atoms with Crippen molar-refractivity contribution >= 4 is 5.97 Å². The zero-order valence-corrected chi connectivity index (χ0v) is 12.9. The minimum absolute atomic E-state index is 0.279. The molecule has 0 saturated heterocycles. The van der Waals surface area contributed by atoms with Crippen LogP contribution in [0.25, 0.3) is 0 Å². The van der Waals surface area contributed by atoms with E-state index in [0.29, 0.717) is 12.2 Å². The Balaban J connectivity index is 2.34. The zero-order chi connectivity index (χ0) is 15.9. The third-order valence-electron chi connectivity index (χ3n) is 3.40. The summed E-state index contributed by atoms with van der Waals surface area (Å²) < 4.78 is 6.01. The highest BCUT2D eigenvalue weighted by atomic mass is 16.5. The maximum absolute atomic E-state index is 11.5. The molecule has 0 heterocycles. The van der Waals surface area contributed by atoms with Crippen LogP contribution in [0.2, 0.25) is 0 Å². The molecule has 22 heavy (non-hydrogen) atoms. The van der Waals surface area contributed by atoms with E-state index in [0.717, 1.165) is 12.1 Å². The van der Waals surface area contributed by atoms with Gasteiger partial charge in [0.25, 0.3) is 0 Å². The van der Waals surface area contributed by atoms with Crippen molar-refractivity contribution in [1.29, 1.82) is 0 Å². The first kappa shape index (κ1) is 16.2. The van der Waals surface area contributed by atoms with E-state index in [-0.39, 0.29) is 11.7 Å². The van der Waals surface area contributed by atoms with E-state index in [2.05, 4.69) is 0 Å². The molecule has 1 atom stereocenters. The average Bonchev–Trinajstić information content (AvgIpc) is 2.52. The van der Waals surface area contributed by atoms with Crippen molar-refractivity contribution in [2.45, 2.75) is 6.10 Å². The van der Waals surface area contributed by atoms with Gasteiger partial charge in [0, 0.05) is 6.54 Å². The first-order chi connectivity index (χ1) is 10.6. The summed E-state index contributed by atoms with van der Waals surface area (Å²) in [5.74, 6) is -0.937. The number of carboxylic acid groups (broad SMARTS) is 1. The molecule has 2 aromatic carbocycles. The van der Waals surface area contributed by atoms with E-state index in [1.54, 1.807) is 12.1 Å². The second-order valence-electron chi connectivity index (χ2n) is 5.36. The Morgan fingerprint density at radius 2 is 1.73 bits per heavy atom. The molecule has 1 unspecified atom stereocenters. The lowest BCUT2D eigenvalue weighted by atomic mass is 9.96. The number of ether oxygens (including phenoxy) is 1. The number of benzene rings is 2. The smallest absolute Gasteiger partial charge is 0.336 e. The maximum atomic E-state index is 11.5. The lowest BCUT2D eigenvalue weighted by Gasteiger charge is -2.21. The monoisotopic (exact) mass is 299 g/mol. The lowest BCUT2D eigenvalue weighted by Crippen LogP contribution is -2.20. The van der Waals surface area contributed by atoms with E-state index in [1.165, 1.54) is 0 Å². The number of carboxylic acids is 1. The van der Waals surface area contributed by atoms with Crippen molar-refractivity contribution in [3.63, 3.8) is 0 Å². The van der Waals surface area contributed by atoms with Gasteiger partial charge in [-0.25, -0.2) is 4.79 Å². The van der Waals surface area contributed by atoms with Crippen LogP contribution >= 0.6 is 0 Å². The molecule has 0 bridgehead atoms. The summed E-state index contributed by atoms with van der Waals surface area (Å²) in [6.07, 6.45) is -0.381. The Kier molecular flexibility index (Phi) is 5.69. The Morgan fingerprint density at radius 1 is 1.09 bits per heavy atom. The van der Waals surface area contributed by atoms with E-state index >= 15 is 0 Å². The molecule has 0 fully saturated rings. The van der Waals surface area contributed by atoms with Crippen molar-refractivity contribution in [1.82, 2.24) is 4.90 Å². The Labute approximate surface area is 131 Å². The molecule has 0 amide bonds. The normalized spacial score (nSPS) is 12.3. The largest absolute Gasteiger partial charge is 0.478 e. The Bertz CT molecular complexity index is 611. The summed E-state index contributed by atoms with van der Waals surface area (Å²) in [6.45, 7) is 1.30. The van der Waals surface area contributed by atoms with Gasteiger partial charge < -0.3 is 14.7 Å². The second-order valence-corrected chi connectivity index (χ2v) is 5.36. The summed E-state index contributed by atoms with van der Waals surface area (Å²) in [7, 11) is 3.96.